The maximum absolute atomic E-state index is 13.6. The molecule has 0 radical (unpaired) electrons. The molecular weight excluding hydrogens is 1810 g/mol. The van der Waals surface area contributed by atoms with Crippen LogP contribution in [0, 0.1) is 5.41 Å². The molecular formula is C130H230F2N8O2S2. The monoisotopic (exact) mass is 2040 g/mol. The van der Waals surface area contributed by atoms with E-state index in [1.807, 2.05) is 265 Å². The molecule has 828 valence electrons. The fourth-order valence-electron chi connectivity index (χ4n) is 18.8. The summed E-state index contributed by atoms with van der Waals surface area (Å²) in [4.78, 5) is 2.06. The molecule has 10 nitrogen and oxygen atoms in total. The molecule has 8 atom stereocenters. The Bertz CT molecular complexity index is 4320. The highest BCUT2D eigenvalue weighted by Crippen LogP contribution is 2.62. The molecule has 8 N–H and O–H groups in total. The summed E-state index contributed by atoms with van der Waals surface area (Å²) < 4.78 is 50.8. The van der Waals surface area contributed by atoms with E-state index in [0.717, 1.165) is 11.1 Å². The molecule has 0 saturated heterocycles. The van der Waals surface area contributed by atoms with Crippen LogP contribution in [0.5, 0.6) is 0 Å². The predicted molar refractivity (Wildman–Crippen MR) is 646 cm³/mol. The van der Waals surface area contributed by atoms with E-state index in [2.05, 4.69) is 279 Å². The Hall–Kier alpha value is -6.27. The Morgan fingerprint density at radius 2 is 0.583 bits per heavy atom. The molecule has 7 aromatic carbocycles. The molecule has 18 rings (SSSR count). The van der Waals surface area contributed by atoms with Crippen molar-refractivity contribution in [3.8, 4) is 0 Å². The van der Waals surface area contributed by atoms with Gasteiger partial charge in [0.1, 0.15) is 0 Å². The Morgan fingerprint density at radius 1 is 0.299 bits per heavy atom. The smallest absolute Gasteiger partial charge is 0.275 e. The van der Waals surface area contributed by atoms with Crippen molar-refractivity contribution in [2.75, 3.05) is 5.75 Å². The minimum atomic E-state index is -3.06. The number of hydrogen-bond donors (Lipinski definition) is 8. The molecule has 9 aliphatic carbocycles. The van der Waals surface area contributed by atoms with E-state index in [9.17, 15) is 17.2 Å². The van der Waals surface area contributed by atoms with Gasteiger partial charge in [0.2, 0.25) is 0 Å². The predicted octanol–water partition coefficient (Wildman–Crippen LogP) is 38.3. The topological polar surface area (TPSA) is 130 Å². The lowest BCUT2D eigenvalue weighted by atomic mass is 9.97. The van der Waals surface area contributed by atoms with Crippen molar-refractivity contribution in [2.24, 2.45) is 5.41 Å². The molecule has 1 aliphatic heterocycles. The summed E-state index contributed by atoms with van der Waals surface area (Å²) in [5, 5.41) is 30.7. The zero-order valence-corrected chi connectivity index (χ0v) is 104. The molecule has 8 aromatic rings. The highest BCUT2D eigenvalue weighted by atomic mass is 32.2. The van der Waals surface area contributed by atoms with Crippen LogP contribution in [0.25, 0.3) is 0 Å². The largest absolute Gasteiger partial charge is 0.308 e. The van der Waals surface area contributed by atoms with Crippen LogP contribution >= 0.6 is 11.3 Å². The Balaban J connectivity index is -0.000000492. The van der Waals surface area contributed by atoms with Gasteiger partial charge in [0, 0.05) is 112 Å². The number of hydrogen-bond acceptors (Lipinski definition) is 11. The van der Waals surface area contributed by atoms with Gasteiger partial charge in [-0.05, 0) is 253 Å². The number of aryl methyl sites for hydroxylation is 4. The van der Waals surface area contributed by atoms with E-state index < -0.39 is 15.8 Å². The van der Waals surface area contributed by atoms with Crippen molar-refractivity contribution in [3.63, 3.8) is 0 Å². The molecule has 1 aromatic heterocycles. The van der Waals surface area contributed by atoms with Crippen molar-refractivity contribution >= 4 is 21.2 Å². The fraction of sp³-hybridized carbons (Fsp3) is 0.646. The maximum Gasteiger partial charge on any atom is 0.275 e. The van der Waals surface area contributed by atoms with Crippen LogP contribution in [0.1, 0.15) is 535 Å². The molecule has 144 heavy (non-hydrogen) atoms. The molecule has 2 heterocycles. The molecule has 6 unspecified atom stereocenters. The van der Waals surface area contributed by atoms with Gasteiger partial charge < -0.3 is 42.5 Å². The van der Waals surface area contributed by atoms with E-state index in [-0.39, 0.29) is 58.5 Å². The number of thiophene rings is 1. The Morgan fingerprint density at radius 3 is 0.938 bits per heavy atom. The first-order valence-corrected chi connectivity index (χ1v) is 60.8. The second-order valence-corrected chi connectivity index (χ2v) is 41.7. The van der Waals surface area contributed by atoms with Crippen LogP contribution in [-0.4, -0.2) is 61.0 Å². The highest BCUT2D eigenvalue weighted by Gasteiger charge is 2.55. The lowest BCUT2D eigenvalue weighted by Crippen LogP contribution is -2.38. The van der Waals surface area contributed by atoms with Gasteiger partial charge in [-0.15, -0.1) is 11.3 Å². The van der Waals surface area contributed by atoms with Crippen molar-refractivity contribution in [1.82, 2.24) is 42.5 Å². The van der Waals surface area contributed by atoms with Gasteiger partial charge in [-0.25, -0.2) is 17.2 Å². The number of fused-ring (bicyclic) bond motifs is 9. The van der Waals surface area contributed by atoms with E-state index in [1.54, 1.807) is 57.0 Å². The first kappa shape index (κ1) is 146. The quantitative estimate of drug-likeness (QED) is 0.0565. The normalized spacial score (nSPS) is 18.8. The highest BCUT2D eigenvalue weighted by molar-refractivity contribution is 7.91. The summed E-state index contributed by atoms with van der Waals surface area (Å²) in [5.74, 6) is -2.49. The van der Waals surface area contributed by atoms with Gasteiger partial charge in [-0.1, -0.05) is 441 Å². The van der Waals surface area contributed by atoms with Gasteiger partial charge in [-0.3, -0.25) is 0 Å². The van der Waals surface area contributed by atoms with Crippen molar-refractivity contribution in [2.45, 2.75) is 547 Å². The van der Waals surface area contributed by atoms with Crippen LogP contribution in [0.4, 0.5) is 8.78 Å². The van der Waals surface area contributed by atoms with Crippen LogP contribution < -0.4 is 42.5 Å². The average Bonchev–Trinajstić information content (AvgIpc) is 1.57. The number of benzene rings is 7. The minimum Gasteiger partial charge on any atom is -0.308 e. The zero-order chi connectivity index (χ0) is 112. The third-order valence-electron chi connectivity index (χ3n) is 23.6. The molecule has 2 saturated carbocycles. The van der Waals surface area contributed by atoms with Gasteiger partial charge in [0.15, 0.2) is 9.84 Å². The number of rotatable bonds is 13. The van der Waals surface area contributed by atoms with E-state index in [0.29, 0.717) is 70.1 Å². The van der Waals surface area contributed by atoms with Gasteiger partial charge in [0.05, 0.1) is 10.6 Å². The summed E-state index contributed by atoms with van der Waals surface area (Å²) in [6.07, 6.45) is 18.1. The van der Waals surface area contributed by atoms with Gasteiger partial charge >= 0.3 is 0 Å². The van der Waals surface area contributed by atoms with Crippen LogP contribution in [0.2, 0.25) is 0 Å². The first-order valence-electron chi connectivity index (χ1n) is 58.3. The van der Waals surface area contributed by atoms with Gasteiger partial charge in [-0.2, -0.15) is 0 Å². The maximum atomic E-state index is 13.6. The minimum absolute atomic E-state index is 0.0498. The van der Waals surface area contributed by atoms with Crippen molar-refractivity contribution in [1.29, 1.82) is 0 Å². The van der Waals surface area contributed by atoms with Crippen LogP contribution in [-0.2, 0) is 53.3 Å². The molecule has 10 aliphatic rings. The number of nitrogens with one attached hydrogen (secondary N) is 8. The zero-order valence-electron chi connectivity index (χ0n) is 103. The van der Waals surface area contributed by atoms with Crippen LogP contribution in [0.15, 0.2) is 186 Å². The van der Waals surface area contributed by atoms with E-state index in [4.69, 9.17) is 0 Å². The Labute approximate surface area is 897 Å². The average molecular weight is 2040 g/mol. The lowest BCUT2D eigenvalue weighted by Gasteiger charge is -2.26. The van der Waals surface area contributed by atoms with E-state index in [1.165, 1.54) is 129 Å². The number of sulfone groups is 1. The second kappa shape index (κ2) is 79.7. The summed E-state index contributed by atoms with van der Waals surface area (Å²) in [7, 11) is -3.06. The van der Waals surface area contributed by atoms with E-state index >= 15 is 0 Å². The molecule has 14 heteroatoms. The third-order valence-corrected chi connectivity index (χ3v) is 26.5. The summed E-state index contributed by atoms with van der Waals surface area (Å²) in [5.41, 5.74) is 20.6. The Kier molecular flexibility index (Phi) is 80.9. The molecule has 0 amide bonds. The number of alkyl halides is 2. The van der Waals surface area contributed by atoms with Crippen molar-refractivity contribution < 1.29 is 17.2 Å². The lowest BCUT2D eigenvalue weighted by molar-refractivity contribution is -0.00935. The van der Waals surface area contributed by atoms with Crippen molar-refractivity contribution in [3.05, 3.63) is 264 Å². The summed E-state index contributed by atoms with van der Waals surface area (Å²) in [6, 6.07) is 66.2. The first-order chi connectivity index (χ1) is 68.9. The third kappa shape index (κ3) is 50.1. The van der Waals surface area contributed by atoms with Gasteiger partial charge in [0.25, 0.3) is 5.92 Å². The fourth-order valence-corrected chi connectivity index (χ4v) is 21.6. The summed E-state index contributed by atoms with van der Waals surface area (Å²) in [6.45, 7) is 101. The van der Waals surface area contributed by atoms with Crippen LogP contribution in [0.3, 0.4) is 0 Å². The second-order valence-electron chi connectivity index (χ2n) is 38.8. The number of halogens is 2. The standard InChI is InChI=1S/2C14H19N.3C13H19N.C12H15F2N.C11H15NO2S.C10H15NS.15C2H6/c1-10(2)15-13-9-14(7-8-14)12-6-4-3-5-11(12)13;1-10(2)15-13-12-6-4-3-5-11(12)9-14(13)7-8-14;3*1-13(2,3)14-12-9-8-10-6-4-5-7-11(10)12;1-8(2)15-11-7-12(13,14)10-6-4-3-5-9(10)11;1-8(2)12-10-7-15(13,14)11-6-4-3-5-9(10)11;1-7(2)11-9-4-3-8-5-6-12-10(8)9;15*1-2/h2*3-6,10,13,15H,7-9H2,1-2H3;3*4-7,12,14H,8-9H2,1-3H3;3-6,8,11,15H,7H2,1-2H3;3-6,8,10,12H,7H2,1-2H3;5-7,9,11H,3-4H2,1-2H3;15*1-2H3/t;;2*12-;;;;;;;;;;;;;;;;;;;/m..10.................../s1. The molecule has 2 spiro atoms. The molecule has 2 fully saturated rings. The SMILES string of the molecule is CC.CC.CC.CC.CC.CC.CC.CC.CC.CC.CC.CC.CC.CC.CC.CC(C)(C)NC1CCc2ccccc21.CC(C)(C)N[C@@H]1CCc2ccccc21.CC(C)(C)N[C@H]1CCc2ccccc21.CC(C)NC1CC(F)(F)c2ccccc21.CC(C)NC1CC2(CC2)c2ccccc21.CC(C)NC1CCc2ccsc21.CC(C)NC1CS(=O)(=O)c2ccccc21.CC(C)NC1c2ccccc2CC12CC2. The summed E-state index contributed by atoms with van der Waals surface area (Å²) >= 11 is 1.90. The molecule has 0 bridgehead atoms.